The zero-order chi connectivity index (χ0) is 22.2. The molecule has 0 bridgehead atoms. The molecule has 31 heavy (non-hydrogen) atoms. The van der Waals surface area contributed by atoms with E-state index in [-0.39, 0.29) is 23.5 Å². The number of likely N-dealkylation sites (tertiary alicyclic amines) is 1. The van der Waals surface area contributed by atoms with Gasteiger partial charge in [0.2, 0.25) is 5.91 Å². The Morgan fingerprint density at radius 2 is 2.10 bits per heavy atom. The Kier molecular flexibility index (Phi) is 5.68. The summed E-state index contributed by atoms with van der Waals surface area (Å²) in [6.07, 6.45) is 1.20. The number of aryl methyl sites for hydroxylation is 1. The Balaban J connectivity index is 1.62. The smallest absolute Gasteiger partial charge is 0.334 e. The zero-order valence-corrected chi connectivity index (χ0v) is 17.4. The standard InChI is InChI=1S/C22H24F3N5O/c1-14(2)16-11-19(22(23,24)25)30-20(27-16)12-17(28-30)18-6-4-10-29(18)21(31)8-7-15-5-3-9-26-13-15/h3,5,9,11-14,18H,4,6-8,10H2,1-2H3/t18-/m1/s1. The lowest BCUT2D eigenvalue weighted by Gasteiger charge is -2.23. The van der Waals surface area contributed by atoms with Crippen LogP contribution >= 0.6 is 0 Å². The van der Waals surface area contributed by atoms with Crippen molar-refractivity contribution in [2.45, 2.75) is 57.7 Å². The van der Waals surface area contributed by atoms with Gasteiger partial charge in [0.25, 0.3) is 0 Å². The minimum atomic E-state index is -4.55. The molecular weight excluding hydrogens is 407 g/mol. The first-order chi connectivity index (χ1) is 14.7. The van der Waals surface area contributed by atoms with E-state index in [9.17, 15) is 18.0 Å². The molecule has 164 valence electrons. The van der Waals surface area contributed by atoms with Crippen molar-refractivity contribution in [3.05, 3.63) is 59.3 Å². The van der Waals surface area contributed by atoms with Crippen molar-refractivity contribution >= 4 is 11.6 Å². The summed E-state index contributed by atoms with van der Waals surface area (Å²) >= 11 is 0. The maximum atomic E-state index is 13.7. The van der Waals surface area contributed by atoms with Gasteiger partial charge in [0.1, 0.15) is 5.69 Å². The van der Waals surface area contributed by atoms with E-state index in [1.807, 2.05) is 12.1 Å². The lowest BCUT2D eigenvalue weighted by atomic mass is 10.1. The molecule has 1 fully saturated rings. The summed E-state index contributed by atoms with van der Waals surface area (Å²) < 4.78 is 41.8. The van der Waals surface area contributed by atoms with Crippen molar-refractivity contribution in [1.29, 1.82) is 0 Å². The molecule has 6 nitrogen and oxygen atoms in total. The number of alkyl halides is 3. The highest BCUT2D eigenvalue weighted by Gasteiger charge is 2.37. The van der Waals surface area contributed by atoms with Crippen molar-refractivity contribution in [2.75, 3.05) is 6.54 Å². The van der Waals surface area contributed by atoms with Gasteiger partial charge in [-0.05, 0) is 42.9 Å². The minimum Gasteiger partial charge on any atom is -0.334 e. The van der Waals surface area contributed by atoms with Gasteiger partial charge in [0.15, 0.2) is 5.65 Å². The molecular formula is C22H24F3N5O. The van der Waals surface area contributed by atoms with Gasteiger partial charge >= 0.3 is 6.18 Å². The molecule has 0 radical (unpaired) electrons. The largest absolute Gasteiger partial charge is 0.433 e. The maximum absolute atomic E-state index is 13.7. The van der Waals surface area contributed by atoms with Crippen LogP contribution in [0.2, 0.25) is 0 Å². The van der Waals surface area contributed by atoms with Crippen LogP contribution in [-0.4, -0.2) is 36.9 Å². The lowest BCUT2D eigenvalue weighted by molar-refractivity contribution is -0.142. The molecule has 1 saturated heterocycles. The number of nitrogens with zero attached hydrogens (tertiary/aromatic N) is 5. The molecule has 0 aromatic carbocycles. The lowest BCUT2D eigenvalue weighted by Crippen LogP contribution is -2.31. The van der Waals surface area contributed by atoms with E-state index in [1.165, 1.54) is 0 Å². The molecule has 0 spiro atoms. The Morgan fingerprint density at radius 1 is 1.29 bits per heavy atom. The summed E-state index contributed by atoms with van der Waals surface area (Å²) in [7, 11) is 0. The maximum Gasteiger partial charge on any atom is 0.433 e. The van der Waals surface area contributed by atoms with E-state index in [1.54, 1.807) is 37.2 Å². The van der Waals surface area contributed by atoms with Gasteiger partial charge in [-0.25, -0.2) is 9.50 Å². The number of carbonyl (C=O) groups excluding carboxylic acids is 1. The third-order valence-corrected chi connectivity index (χ3v) is 5.61. The highest BCUT2D eigenvalue weighted by Crippen LogP contribution is 2.35. The van der Waals surface area contributed by atoms with Gasteiger partial charge in [0.05, 0.1) is 11.7 Å². The van der Waals surface area contributed by atoms with Gasteiger partial charge < -0.3 is 4.90 Å². The quantitative estimate of drug-likeness (QED) is 0.594. The summed E-state index contributed by atoms with van der Waals surface area (Å²) in [6.45, 7) is 4.17. The van der Waals surface area contributed by atoms with Crippen molar-refractivity contribution in [3.63, 3.8) is 0 Å². The molecule has 1 amide bonds. The summed E-state index contributed by atoms with van der Waals surface area (Å²) in [6, 6.07) is 6.04. The molecule has 9 heteroatoms. The second kappa shape index (κ2) is 8.28. The van der Waals surface area contributed by atoms with Gasteiger partial charge in [-0.2, -0.15) is 18.3 Å². The first kappa shape index (κ1) is 21.3. The number of fused-ring (bicyclic) bond motifs is 1. The van der Waals surface area contributed by atoms with E-state index in [4.69, 9.17) is 0 Å². The fourth-order valence-corrected chi connectivity index (χ4v) is 3.99. The Hall–Kier alpha value is -2.97. The van der Waals surface area contributed by atoms with Crippen molar-refractivity contribution < 1.29 is 18.0 Å². The topological polar surface area (TPSA) is 63.4 Å². The number of hydrogen-bond acceptors (Lipinski definition) is 4. The van der Waals surface area contributed by atoms with Crippen molar-refractivity contribution in [3.8, 4) is 0 Å². The summed E-state index contributed by atoms with van der Waals surface area (Å²) in [4.78, 5) is 23.0. The van der Waals surface area contributed by atoms with E-state index in [2.05, 4.69) is 15.1 Å². The first-order valence-corrected chi connectivity index (χ1v) is 10.4. The molecule has 0 unspecified atom stereocenters. The van der Waals surface area contributed by atoms with E-state index < -0.39 is 11.9 Å². The molecule has 4 rings (SSSR count). The molecule has 4 heterocycles. The Morgan fingerprint density at radius 3 is 2.77 bits per heavy atom. The van der Waals surface area contributed by atoms with E-state index >= 15 is 0 Å². The van der Waals surface area contributed by atoms with Crippen molar-refractivity contribution in [1.82, 2.24) is 24.5 Å². The Bertz CT molecular complexity index is 1080. The fourth-order valence-electron chi connectivity index (χ4n) is 3.99. The van der Waals surface area contributed by atoms with E-state index in [0.717, 1.165) is 22.6 Å². The molecule has 0 N–H and O–H groups in total. The van der Waals surface area contributed by atoms with Crippen LogP contribution in [0.1, 0.15) is 67.7 Å². The fraction of sp³-hybridized carbons (Fsp3) is 0.455. The van der Waals surface area contributed by atoms with E-state index in [0.29, 0.717) is 37.2 Å². The minimum absolute atomic E-state index is 0.0321. The molecule has 3 aromatic heterocycles. The number of amides is 1. The van der Waals surface area contributed by atoms with Crippen LogP contribution in [0.3, 0.4) is 0 Å². The molecule has 0 saturated carbocycles. The molecule has 1 aliphatic rings. The van der Waals surface area contributed by atoms with Crippen LogP contribution in [0.15, 0.2) is 36.7 Å². The second-order valence-electron chi connectivity index (χ2n) is 8.16. The number of hydrogen-bond donors (Lipinski definition) is 0. The van der Waals surface area contributed by atoms with Crippen LogP contribution < -0.4 is 0 Å². The van der Waals surface area contributed by atoms with Gasteiger partial charge in [-0.1, -0.05) is 19.9 Å². The monoisotopic (exact) mass is 431 g/mol. The van der Waals surface area contributed by atoms with Gasteiger partial charge in [-0.15, -0.1) is 0 Å². The van der Waals surface area contributed by atoms with Crippen LogP contribution in [-0.2, 0) is 17.4 Å². The highest BCUT2D eigenvalue weighted by atomic mass is 19.4. The molecule has 3 aromatic rings. The molecule has 1 atom stereocenters. The first-order valence-electron chi connectivity index (χ1n) is 10.4. The second-order valence-corrected chi connectivity index (χ2v) is 8.16. The summed E-state index contributed by atoms with van der Waals surface area (Å²) in [5.74, 6) is -0.184. The normalized spacial score (nSPS) is 17.1. The predicted octanol–water partition coefficient (Wildman–Crippen LogP) is 4.56. The number of halogens is 3. The number of rotatable bonds is 5. The van der Waals surface area contributed by atoms with Crippen molar-refractivity contribution in [2.24, 2.45) is 0 Å². The number of carbonyl (C=O) groups is 1. The van der Waals surface area contributed by atoms with Crippen LogP contribution in [0, 0.1) is 0 Å². The summed E-state index contributed by atoms with van der Waals surface area (Å²) in [5.41, 5.74) is 1.09. The Labute approximate surface area is 178 Å². The predicted molar refractivity (Wildman–Crippen MR) is 108 cm³/mol. The molecule has 1 aliphatic heterocycles. The van der Waals surface area contributed by atoms with Gasteiger partial charge in [0, 0.05) is 37.1 Å². The highest BCUT2D eigenvalue weighted by molar-refractivity contribution is 5.77. The number of aromatic nitrogens is 4. The third-order valence-electron chi connectivity index (χ3n) is 5.61. The van der Waals surface area contributed by atoms with Crippen LogP contribution in [0.25, 0.3) is 5.65 Å². The van der Waals surface area contributed by atoms with Crippen LogP contribution in [0.4, 0.5) is 13.2 Å². The average molecular weight is 431 g/mol. The average Bonchev–Trinajstić information content (AvgIpc) is 3.37. The summed E-state index contributed by atoms with van der Waals surface area (Å²) in [5, 5.41) is 4.24. The number of pyridine rings is 1. The third kappa shape index (κ3) is 4.40. The molecule has 0 aliphatic carbocycles. The zero-order valence-electron chi connectivity index (χ0n) is 17.4. The SMILES string of the molecule is CC(C)c1cc(C(F)(F)F)n2nc([C@H]3CCCN3C(=O)CCc3cccnc3)cc2n1. The van der Waals surface area contributed by atoms with Gasteiger partial charge in [-0.3, -0.25) is 9.78 Å². The van der Waals surface area contributed by atoms with Crippen LogP contribution in [0.5, 0.6) is 0 Å².